The molecule has 5 heteroatoms. The molecule has 0 unspecified atom stereocenters. The number of hydrogen-bond acceptors (Lipinski definition) is 3. The molecule has 0 saturated heterocycles. The SMILES string of the molecule is Cc1cc(C(=O)Nc2ccc(F)cc2)ncn1. The third-order valence-electron chi connectivity index (χ3n) is 2.14. The highest BCUT2D eigenvalue weighted by molar-refractivity contribution is 6.02. The number of carbonyl (C=O) groups is 1. The van der Waals surface area contributed by atoms with E-state index in [1.807, 2.05) is 0 Å². The number of rotatable bonds is 2. The van der Waals surface area contributed by atoms with Crippen molar-refractivity contribution in [2.24, 2.45) is 0 Å². The van der Waals surface area contributed by atoms with Crippen LogP contribution in [0.5, 0.6) is 0 Å². The van der Waals surface area contributed by atoms with Gasteiger partial charge >= 0.3 is 0 Å². The summed E-state index contributed by atoms with van der Waals surface area (Å²) >= 11 is 0. The molecule has 1 aromatic carbocycles. The molecular formula is C12H10FN3O. The van der Waals surface area contributed by atoms with Gasteiger partial charge in [-0.3, -0.25) is 4.79 Å². The first kappa shape index (κ1) is 11.2. The summed E-state index contributed by atoms with van der Waals surface area (Å²) in [6.45, 7) is 1.77. The Balaban J connectivity index is 2.14. The topological polar surface area (TPSA) is 54.9 Å². The zero-order valence-corrected chi connectivity index (χ0v) is 9.14. The molecule has 1 N–H and O–H groups in total. The molecule has 0 aliphatic carbocycles. The van der Waals surface area contributed by atoms with E-state index in [-0.39, 0.29) is 17.4 Å². The smallest absolute Gasteiger partial charge is 0.274 e. The van der Waals surface area contributed by atoms with Gasteiger partial charge in [-0.15, -0.1) is 0 Å². The number of nitrogens with one attached hydrogen (secondary N) is 1. The fraction of sp³-hybridized carbons (Fsp3) is 0.0833. The van der Waals surface area contributed by atoms with E-state index in [4.69, 9.17) is 0 Å². The molecular weight excluding hydrogens is 221 g/mol. The molecule has 0 aliphatic heterocycles. The zero-order valence-electron chi connectivity index (χ0n) is 9.14. The van der Waals surface area contributed by atoms with Gasteiger partial charge in [-0.2, -0.15) is 0 Å². The standard InChI is InChI=1S/C12H10FN3O/c1-8-6-11(15-7-14-8)12(17)16-10-4-2-9(13)3-5-10/h2-7H,1H3,(H,16,17). The zero-order chi connectivity index (χ0) is 12.3. The second-order valence-electron chi connectivity index (χ2n) is 3.51. The first-order valence-electron chi connectivity index (χ1n) is 5.01. The average Bonchev–Trinajstić information content (AvgIpc) is 2.32. The van der Waals surface area contributed by atoms with Crippen LogP contribution >= 0.6 is 0 Å². The summed E-state index contributed by atoms with van der Waals surface area (Å²) in [6, 6.07) is 7.11. The molecule has 1 amide bonds. The van der Waals surface area contributed by atoms with Gasteiger partial charge in [0.1, 0.15) is 17.8 Å². The minimum absolute atomic E-state index is 0.279. The van der Waals surface area contributed by atoms with Crippen LogP contribution in [0.2, 0.25) is 0 Å². The van der Waals surface area contributed by atoms with Crippen molar-refractivity contribution in [2.75, 3.05) is 5.32 Å². The number of halogens is 1. The van der Waals surface area contributed by atoms with E-state index in [2.05, 4.69) is 15.3 Å². The Bertz CT molecular complexity index is 540. The number of carbonyl (C=O) groups excluding carboxylic acids is 1. The maximum absolute atomic E-state index is 12.7. The monoisotopic (exact) mass is 231 g/mol. The van der Waals surface area contributed by atoms with Gasteiger partial charge < -0.3 is 5.32 Å². The molecule has 2 aromatic rings. The van der Waals surface area contributed by atoms with Crippen LogP contribution < -0.4 is 5.32 Å². The summed E-state index contributed by atoms with van der Waals surface area (Å²) in [5.74, 6) is -0.692. The van der Waals surface area contributed by atoms with Crippen LogP contribution in [0.25, 0.3) is 0 Å². The number of anilines is 1. The minimum atomic E-state index is -0.346. The van der Waals surface area contributed by atoms with Gasteiger partial charge in [0.05, 0.1) is 0 Å². The summed E-state index contributed by atoms with van der Waals surface area (Å²) < 4.78 is 12.7. The molecule has 86 valence electrons. The van der Waals surface area contributed by atoms with Crippen molar-refractivity contribution in [3.8, 4) is 0 Å². The fourth-order valence-electron chi connectivity index (χ4n) is 1.31. The molecule has 4 nitrogen and oxygen atoms in total. The van der Waals surface area contributed by atoms with Crippen molar-refractivity contribution in [1.82, 2.24) is 9.97 Å². The first-order chi connectivity index (χ1) is 8.15. The summed E-state index contributed by atoms with van der Waals surface area (Å²) in [6.07, 6.45) is 1.33. The lowest BCUT2D eigenvalue weighted by atomic mass is 10.3. The van der Waals surface area contributed by atoms with Crippen molar-refractivity contribution >= 4 is 11.6 Å². The van der Waals surface area contributed by atoms with Crippen molar-refractivity contribution < 1.29 is 9.18 Å². The van der Waals surface area contributed by atoms with Crippen LogP contribution in [0.15, 0.2) is 36.7 Å². The molecule has 2 rings (SSSR count). The van der Waals surface area contributed by atoms with Gasteiger partial charge in [-0.1, -0.05) is 0 Å². The molecule has 0 spiro atoms. The van der Waals surface area contributed by atoms with E-state index < -0.39 is 0 Å². The van der Waals surface area contributed by atoms with Gasteiger partial charge in [-0.05, 0) is 37.3 Å². The number of nitrogens with zero attached hydrogens (tertiary/aromatic N) is 2. The lowest BCUT2D eigenvalue weighted by Crippen LogP contribution is -2.14. The highest BCUT2D eigenvalue weighted by Gasteiger charge is 2.07. The second kappa shape index (κ2) is 4.69. The quantitative estimate of drug-likeness (QED) is 0.861. The van der Waals surface area contributed by atoms with Crippen molar-refractivity contribution in [3.05, 3.63) is 53.9 Å². The van der Waals surface area contributed by atoms with Crippen molar-refractivity contribution in [1.29, 1.82) is 0 Å². The largest absolute Gasteiger partial charge is 0.321 e. The summed E-state index contributed by atoms with van der Waals surface area (Å²) in [5, 5.41) is 2.62. The molecule has 1 heterocycles. The van der Waals surface area contributed by atoms with E-state index in [1.54, 1.807) is 13.0 Å². The average molecular weight is 231 g/mol. The number of benzene rings is 1. The number of aryl methyl sites for hydroxylation is 1. The Morgan fingerprint density at radius 2 is 1.94 bits per heavy atom. The normalized spacial score (nSPS) is 10.0. The second-order valence-corrected chi connectivity index (χ2v) is 3.51. The van der Waals surface area contributed by atoms with Crippen molar-refractivity contribution in [3.63, 3.8) is 0 Å². The molecule has 0 bridgehead atoms. The summed E-state index contributed by atoms with van der Waals surface area (Å²) in [4.78, 5) is 19.5. The Hall–Kier alpha value is -2.30. The Morgan fingerprint density at radius 1 is 1.24 bits per heavy atom. The van der Waals surface area contributed by atoms with Crippen LogP contribution in [0.1, 0.15) is 16.2 Å². The van der Waals surface area contributed by atoms with E-state index >= 15 is 0 Å². The summed E-state index contributed by atoms with van der Waals surface area (Å²) in [7, 11) is 0. The minimum Gasteiger partial charge on any atom is -0.321 e. The lowest BCUT2D eigenvalue weighted by molar-refractivity contribution is 0.102. The third kappa shape index (κ3) is 2.84. The Morgan fingerprint density at radius 3 is 2.59 bits per heavy atom. The third-order valence-corrected chi connectivity index (χ3v) is 2.14. The Kier molecular flexibility index (Phi) is 3.09. The van der Waals surface area contributed by atoms with Gasteiger partial charge in [0.2, 0.25) is 0 Å². The van der Waals surface area contributed by atoms with Crippen LogP contribution in [0.4, 0.5) is 10.1 Å². The fourth-order valence-corrected chi connectivity index (χ4v) is 1.31. The predicted molar refractivity (Wildman–Crippen MR) is 61.1 cm³/mol. The molecule has 0 saturated carbocycles. The van der Waals surface area contributed by atoms with Crippen molar-refractivity contribution in [2.45, 2.75) is 6.92 Å². The number of hydrogen-bond donors (Lipinski definition) is 1. The van der Waals surface area contributed by atoms with Gasteiger partial charge in [0.15, 0.2) is 0 Å². The van der Waals surface area contributed by atoms with Gasteiger partial charge in [-0.25, -0.2) is 14.4 Å². The molecule has 0 fully saturated rings. The van der Waals surface area contributed by atoms with E-state index in [0.29, 0.717) is 11.4 Å². The molecule has 0 radical (unpaired) electrons. The molecule has 17 heavy (non-hydrogen) atoms. The van der Waals surface area contributed by atoms with Gasteiger partial charge in [0, 0.05) is 11.4 Å². The van der Waals surface area contributed by atoms with E-state index in [9.17, 15) is 9.18 Å². The highest BCUT2D eigenvalue weighted by Crippen LogP contribution is 2.09. The van der Waals surface area contributed by atoms with Crippen LogP contribution in [0, 0.1) is 12.7 Å². The van der Waals surface area contributed by atoms with Crippen LogP contribution in [-0.4, -0.2) is 15.9 Å². The molecule has 1 aromatic heterocycles. The molecule has 0 aliphatic rings. The van der Waals surface area contributed by atoms with E-state index in [0.717, 1.165) is 0 Å². The maximum Gasteiger partial charge on any atom is 0.274 e. The predicted octanol–water partition coefficient (Wildman–Crippen LogP) is 2.18. The molecule has 0 atom stereocenters. The van der Waals surface area contributed by atoms with Crippen LogP contribution in [0.3, 0.4) is 0 Å². The maximum atomic E-state index is 12.7. The summed E-state index contributed by atoms with van der Waals surface area (Å²) in [5.41, 5.74) is 1.51. The Labute approximate surface area is 97.5 Å². The van der Waals surface area contributed by atoms with Gasteiger partial charge in [0.25, 0.3) is 5.91 Å². The number of amides is 1. The number of aromatic nitrogens is 2. The lowest BCUT2D eigenvalue weighted by Gasteiger charge is -2.04. The van der Waals surface area contributed by atoms with Crippen LogP contribution in [-0.2, 0) is 0 Å². The highest BCUT2D eigenvalue weighted by atomic mass is 19.1. The van der Waals surface area contributed by atoms with E-state index in [1.165, 1.54) is 30.6 Å². The first-order valence-corrected chi connectivity index (χ1v) is 5.01.